The molecule has 2 unspecified atom stereocenters. The monoisotopic (exact) mass is 314 g/mol. The molecule has 0 amide bonds. The van der Waals surface area contributed by atoms with Crippen LogP contribution in [0.2, 0.25) is 0 Å². The number of ether oxygens (including phenoxy) is 1. The van der Waals surface area contributed by atoms with Crippen molar-refractivity contribution in [2.75, 3.05) is 0 Å². The quantitative estimate of drug-likeness (QED) is 0.593. The van der Waals surface area contributed by atoms with Crippen LogP contribution in [0.15, 0.2) is 18.2 Å². The fourth-order valence-electron chi connectivity index (χ4n) is 2.52. The molecule has 0 radical (unpaired) electrons. The third-order valence-electron chi connectivity index (χ3n) is 3.52. The Morgan fingerprint density at radius 1 is 1.20 bits per heavy atom. The molecule has 0 bridgehead atoms. The van der Waals surface area contributed by atoms with Gasteiger partial charge in [0, 0.05) is 6.07 Å². The zero-order valence-corrected chi connectivity index (χ0v) is 14.8. The number of hydrogen-bond acceptors (Lipinski definition) is 1. The summed E-state index contributed by atoms with van der Waals surface area (Å²) in [5.41, 5.74) is -1.19. The van der Waals surface area contributed by atoms with Crippen molar-refractivity contribution < 1.29 is 73.5 Å². The second-order valence-corrected chi connectivity index (χ2v) is 5.27. The standard InChI is InChI=1S/C13H16BF4O.K/c1-9-3-2-4-10(7-9)19-11-5-6-12(13(15)8-11)14(16,17)18;/h5-6,8-10H,2-4,7H2,1H3;/q-1;+1. The Labute approximate surface area is 158 Å². The van der Waals surface area contributed by atoms with Gasteiger partial charge >= 0.3 is 58.4 Å². The molecule has 1 aromatic carbocycles. The fraction of sp³-hybridized carbons (Fsp3) is 0.538. The third kappa shape index (κ3) is 5.02. The van der Waals surface area contributed by atoms with E-state index in [-0.39, 0.29) is 63.2 Å². The van der Waals surface area contributed by atoms with Crippen LogP contribution < -0.4 is 61.6 Å². The number of rotatable bonds is 3. The van der Waals surface area contributed by atoms with Gasteiger partial charge in [-0.05, 0) is 31.2 Å². The third-order valence-corrected chi connectivity index (χ3v) is 3.52. The van der Waals surface area contributed by atoms with E-state index in [4.69, 9.17) is 4.74 Å². The van der Waals surface area contributed by atoms with E-state index >= 15 is 0 Å². The van der Waals surface area contributed by atoms with Gasteiger partial charge in [-0.3, -0.25) is 0 Å². The summed E-state index contributed by atoms with van der Waals surface area (Å²) < 4.78 is 56.4. The van der Waals surface area contributed by atoms with Gasteiger partial charge < -0.3 is 17.7 Å². The number of halogens is 4. The van der Waals surface area contributed by atoms with E-state index < -0.39 is 18.3 Å². The molecule has 2 rings (SSSR count). The summed E-state index contributed by atoms with van der Waals surface area (Å²) in [5.74, 6) is -0.532. The number of benzene rings is 1. The molecule has 0 heterocycles. The maximum atomic E-state index is 13.4. The topological polar surface area (TPSA) is 9.23 Å². The van der Waals surface area contributed by atoms with E-state index in [1.165, 1.54) is 6.07 Å². The van der Waals surface area contributed by atoms with E-state index in [0.29, 0.717) is 5.92 Å². The SMILES string of the molecule is CC1CCCC(Oc2ccc([B-](F)(F)F)c(F)c2)C1.[K+]. The van der Waals surface area contributed by atoms with Gasteiger partial charge in [-0.2, -0.15) is 0 Å². The number of hydrogen-bond donors (Lipinski definition) is 0. The van der Waals surface area contributed by atoms with Gasteiger partial charge in [0.1, 0.15) is 5.75 Å². The van der Waals surface area contributed by atoms with Gasteiger partial charge in [-0.1, -0.05) is 24.9 Å². The minimum absolute atomic E-state index is 0. The molecule has 0 aromatic heterocycles. The second kappa shape index (κ2) is 7.63. The van der Waals surface area contributed by atoms with Crippen molar-refractivity contribution in [2.24, 2.45) is 5.92 Å². The molecule has 1 aliphatic carbocycles. The van der Waals surface area contributed by atoms with Gasteiger partial charge in [-0.15, -0.1) is 0 Å². The predicted octanol–water partition coefficient (Wildman–Crippen LogP) is 0.842. The average Bonchev–Trinajstić information content (AvgIpc) is 2.27. The van der Waals surface area contributed by atoms with Crippen LogP contribution in [-0.2, 0) is 0 Å². The first kappa shape index (κ1) is 18.5. The molecule has 1 aliphatic rings. The first-order valence-corrected chi connectivity index (χ1v) is 6.52. The molecule has 0 aliphatic heterocycles. The maximum Gasteiger partial charge on any atom is 1.00 e. The van der Waals surface area contributed by atoms with Crippen molar-refractivity contribution in [2.45, 2.75) is 38.7 Å². The molecule has 1 saturated carbocycles. The summed E-state index contributed by atoms with van der Waals surface area (Å²) in [6.45, 7) is -3.19. The largest absolute Gasteiger partial charge is 1.00 e. The van der Waals surface area contributed by atoms with Crippen LogP contribution in [0.25, 0.3) is 0 Å². The molecule has 0 spiro atoms. The Kier molecular flexibility index (Phi) is 7.05. The second-order valence-electron chi connectivity index (χ2n) is 5.27. The Bertz CT molecular complexity index is 452. The molecule has 1 nitrogen and oxygen atoms in total. The van der Waals surface area contributed by atoms with E-state index in [1.807, 2.05) is 0 Å². The van der Waals surface area contributed by atoms with Crippen LogP contribution in [0.4, 0.5) is 17.3 Å². The molecular formula is C13H16BF4KO. The van der Waals surface area contributed by atoms with Gasteiger partial charge in [0.05, 0.1) is 11.9 Å². The molecule has 106 valence electrons. The molecule has 7 heteroatoms. The average molecular weight is 314 g/mol. The first-order chi connectivity index (χ1) is 8.86. The van der Waals surface area contributed by atoms with Crippen molar-refractivity contribution in [3.05, 3.63) is 24.0 Å². The summed E-state index contributed by atoms with van der Waals surface area (Å²) >= 11 is 0. The van der Waals surface area contributed by atoms with E-state index in [1.54, 1.807) is 0 Å². The predicted molar refractivity (Wildman–Crippen MR) is 67.2 cm³/mol. The van der Waals surface area contributed by atoms with Crippen molar-refractivity contribution in [1.29, 1.82) is 0 Å². The Morgan fingerprint density at radius 3 is 2.45 bits per heavy atom. The van der Waals surface area contributed by atoms with Gasteiger partial charge in [0.25, 0.3) is 0 Å². The first-order valence-electron chi connectivity index (χ1n) is 6.52. The van der Waals surface area contributed by atoms with Gasteiger partial charge in [0.15, 0.2) is 0 Å². The van der Waals surface area contributed by atoms with Crippen LogP contribution in [-0.4, -0.2) is 13.1 Å². The summed E-state index contributed by atoms with van der Waals surface area (Å²) in [4.78, 5) is 0. The summed E-state index contributed by atoms with van der Waals surface area (Å²) in [6, 6.07) is 2.80. The summed E-state index contributed by atoms with van der Waals surface area (Å²) in [5, 5.41) is 0. The van der Waals surface area contributed by atoms with Crippen molar-refractivity contribution in [1.82, 2.24) is 0 Å². The van der Waals surface area contributed by atoms with E-state index in [2.05, 4.69) is 6.92 Å². The molecule has 0 saturated heterocycles. The molecule has 20 heavy (non-hydrogen) atoms. The van der Waals surface area contributed by atoms with Crippen molar-refractivity contribution in [3.63, 3.8) is 0 Å². The van der Waals surface area contributed by atoms with Crippen LogP contribution in [0.5, 0.6) is 5.75 Å². The summed E-state index contributed by atoms with van der Waals surface area (Å²) in [6.07, 6.45) is 3.90. The zero-order valence-electron chi connectivity index (χ0n) is 11.7. The minimum atomic E-state index is -5.31. The van der Waals surface area contributed by atoms with E-state index in [9.17, 15) is 17.3 Å². The smallest absolute Gasteiger partial charge is 0.490 e. The maximum absolute atomic E-state index is 13.4. The van der Waals surface area contributed by atoms with Gasteiger partial charge in [0.2, 0.25) is 0 Å². The van der Waals surface area contributed by atoms with Crippen molar-refractivity contribution >= 4 is 12.4 Å². The molecule has 2 atom stereocenters. The molecule has 1 fully saturated rings. The Hall–Kier alpha value is 0.441. The molecular weight excluding hydrogens is 298 g/mol. The van der Waals surface area contributed by atoms with Crippen LogP contribution in [0.1, 0.15) is 32.6 Å². The fourth-order valence-corrected chi connectivity index (χ4v) is 2.52. The van der Waals surface area contributed by atoms with Crippen molar-refractivity contribution in [3.8, 4) is 5.75 Å². The summed E-state index contributed by atoms with van der Waals surface area (Å²) in [7, 11) is 0. The molecule has 1 aromatic rings. The Balaban J connectivity index is 0.00000200. The zero-order chi connectivity index (χ0) is 14.0. The van der Waals surface area contributed by atoms with Crippen LogP contribution in [0.3, 0.4) is 0 Å². The Morgan fingerprint density at radius 2 is 1.90 bits per heavy atom. The van der Waals surface area contributed by atoms with Crippen LogP contribution >= 0.6 is 0 Å². The molecule has 0 N–H and O–H groups in total. The minimum Gasteiger partial charge on any atom is -0.490 e. The normalized spacial score (nSPS) is 23.1. The van der Waals surface area contributed by atoms with E-state index in [0.717, 1.165) is 37.8 Å². The van der Waals surface area contributed by atoms with Gasteiger partial charge in [-0.25, -0.2) is 4.39 Å². The van der Waals surface area contributed by atoms with Crippen LogP contribution in [0, 0.1) is 11.7 Å².